The van der Waals surface area contributed by atoms with E-state index >= 15 is 0 Å². The maximum Gasteiger partial charge on any atom is 0.224 e. The number of pyridine rings is 1. The summed E-state index contributed by atoms with van der Waals surface area (Å²) in [5.41, 5.74) is 2.76. The van der Waals surface area contributed by atoms with Crippen LogP contribution in [0.15, 0.2) is 48.7 Å². The SMILES string of the molecule is Cc1nc(-c2ccccn2)nc(CC(C(=O)NCc2ccc(F)cc2)C(C)C)c1Cl. The van der Waals surface area contributed by atoms with Crippen molar-refractivity contribution in [1.29, 1.82) is 0 Å². The quantitative estimate of drug-likeness (QED) is 0.590. The lowest BCUT2D eigenvalue weighted by Crippen LogP contribution is -2.34. The molecular formula is C23H24ClFN4O. The summed E-state index contributed by atoms with van der Waals surface area (Å²) < 4.78 is 13.1. The molecule has 1 unspecified atom stereocenters. The Morgan fingerprint density at radius 3 is 2.50 bits per heavy atom. The van der Waals surface area contributed by atoms with E-state index in [-0.39, 0.29) is 23.6 Å². The van der Waals surface area contributed by atoms with Crippen LogP contribution < -0.4 is 5.32 Å². The van der Waals surface area contributed by atoms with Crippen LogP contribution in [0.25, 0.3) is 11.5 Å². The molecule has 7 heteroatoms. The van der Waals surface area contributed by atoms with Crippen LogP contribution in [0.4, 0.5) is 4.39 Å². The topological polar surface area (TPSA) is 67.8 Å². The molecule has 3 rings (SSSR count). The number of rotatable bonds is 7. The Kier molecular flexibility index (Phi) is 7.11. The number of benzene rings is 1. The Morgan fingerprint density at radius 1 is 1.13 bits per heavy atom. The first-order valence-electron chi connectivity index (χ1n) is 9.81. The summed E-state index contributed by atoms with van der Waals surface area (Å²) in [7, 11) is 0. The van der Waals surface area contributed by atoms with Crippen LogP contribution in [-0.4, -0.2) is 20.9 Å². The number of aromatic nitrogens is 3. The summed E-state index contributed by atoms with van der Waals surface area (Å²) in [6.07, 6.45) is 2.07. The highest BCUT2D eigenvalue weighted by molar-refractivity contribution is 6.31. The van der Waals surface area contributed by atoms with Gasteiger partial charge in [-0.3, -0.25) is 9.78 Å². The van der Waals surface area contributed by atoms with Gasteiger partial charge in [-0.25, -0.2) is 14.4 Å². The van der Waals surface area contributed by atoms with E-state index in [4.69, 9.17) is 11.6 Å². The van der Waals surface area contributed by atoms with Crippen molar-refractivity contribution in [3.63, 3.8) is 0 Å². The van der Waals surface area contributed by atoms with E-state index in [1.54, 1.807) is 18.3 Å². The summed E-state index contributed by atoms with van der Waals surface area (Å²) in [6.45, 7) is 6.13. The minimum atomic E-state index is -0.325. The van der Waals surface area contributed by atoms with Gasteiger partial charge < -0.3 is 5.32 Å². The number of halogens is 2. The molecule has 2 heterocycles. The van der Waals surface area contributed by atoms with Gasteiger partial charge in [0.1, 0.15) is 11.5 Å². The first kappa shape index (κ1) is 21.8. The molecule has 2 aromatic heterocycles. The van der Waals surface area contributed by atoms with Crippen molar-refractivity contribution in [2.24, 2.45) is 11.8 Å². The molecule has 5 nitrogen and oxygen atoms in total. The van der Waals surface area contributed by atoms with Crippen LogP contribution in [0.5, 0.6) is 0 Å². The van der Waals surface area contributed by atoms with Gasteiger partial charge in [0.05, 0.1) is 16.4 Å². The lowest BCUT2D eigenvalue weighted by atomic mass is 9.90. The van der Waals surface area contributed by atoms with Gasteiger partial charge >= 0.3 is 0 Å². The molecule has 0 saturated heterocycles. The second-order valence-corrected chi connectivity index (χ2v) is 7.89. The zero-order valence-electron chi connectivity index (χ0n) is 17.2. The van der Waals surface area contributed by atoms with Gasteiger partial charge in [-0.05, 0) is 42.7 Å². The average Bonchev–Trinajstić information content (AvgIpc) is 2.74. The first-order valence-corrected chi connectivity index (χ1v) is 10.2. The van der Waals surface area contributed by atoms with Crippen molar-refractivity contribution in [2.45, 2.75) is 33.7 Å². The maximum absolute atomic E-state index is 13.1. The van der Waals surface area contributed by atoms with Crippen molar-refractivity contribution < 1.29 is 9.18 Å². The van der Waals surface area contributed by atoms with E-state index in [1.165, 1.54) is 12.1 Å². The van der Waals surface area contributed by atoms with Gasteiger partial charge in [0.25, 0.3) is 0 Å². The van der Waals surface area contributed by atoms with E-state index < -0.39 is 0 Å². The zero-order valence-corrected chi connectivity index (χ0v) is 17.9. The van der Waals surface area contributed by atoms with Crippen LogP contribution >= 0.6 is 11.6 Å². The van der Waals surface area contributed by atoms with Crippen molar-refractivity contribution in [3.05, 3.63) is 76.5 Å². The fourth-order valence-corrected chi connectivity index (χ4v) is 3.29. The Balaban J connectivity index is 1.79. The number of nitrogens with zero attached hydrogens (tertiary/aromatic N) is 3. The molecular weight excluding hydrogens is 403 g/mol. The van der Waals surface area contributed by atoms with Crippen LogP contribution in [0.1, 0.15) is 30.8 Å². The molecule has 0 spiro atoms. The summed E-state index contributed by atoms with van der Waals surface area (Å²) in [5.74, 6) is -0.165. The van der Waals surface area contributed by atoms with Crippen molar-refractivity contribution in [2.75, 3.05) is 0 Å². The molecule has 0 aliphatic carbocycles. The molecule has 0 radical (unpaired) electrons. The normalized spacial score (nSPS) is 12.1. The molecule has 0 fully saturated rings. The standard InChI is InChI=1S/C23H24ClFN4O/c1-14(2)18(23(30)27-13-16-7-9-17(25)10-8-16)12-20-21(24)15(3)28-22(29-20)19-6-4-5-11-26-19/h4-11,14,18H,12-13H2,1-3H3,(H,27,30). The number of aryl methyl sites for hydroxylation is 1. The molecule has 0 saturated carbocycles. The van der Waals surface area contributed by atoms with Gasteiger partial charge in [-0.1, -0.05) is 43.6 Å². The van der Waals surface area contributed by atoms with E-state index in [2.05, 4.69) is 20.3 Å². The van der Waals surface area contributed by atoms with Crippen LogP contribution in [0.3, 0.4) is 0 Å². The van der Waals surface area contributed by atoms with E-state index in [9.17, 15) is 9.18 Å². The van der Waals surface area contributed by atoms with Gasteiger partial charge in [-0.15, -0.1) is 0 Å². The number of nitrogens with one attached hydrogen (secondary N) is 1. The summed E-state index contributed by atoms with van der Waals surface area (Å²) in [5, 5.41) is 3.40. The lowest BCUT2D eigenvalue weighted by molar-refractivity contribution is -0.126. The summed E-state index contributed by atoms with van der Waals surface area (Å²) in [4.78, 5) is 26.3. The number of carbonyl (C=O) groups is 1. The molecule has 1 N–H and O–H groups in total. The maximum atomic E-state index is 13.1. The lowest BCUT2D eigenvalue weighted by Gasteiger charge is -2.21. The molecule has 0 bridgehead atoms. The molecule has 0 aliphatic heterocycles. The van der Waals surface area contributed by atoms with Crippen molar-refractivity contribution in [3.8, 4) is 11.5 Å². The molecule has 156 valence electrons. The van der Waals surface area contributed by atoms with Gasteiger partial charge in [0, 0.05) is 25.1 Å². The van der Waals surface area contributed by atoms with Crippen LogP contribution in [-0.2, 0) is 17.8 Å². The number of hydrogen-bond donors (Lipinski definition) is 1. The largest absolute Gasteiger partial charge is 0.352 e. The Labute approximate surface area is 180 Å². The van der Waals surface area contributed by atoms with Crippen LogP contribution in [0.2, 0.25) is 5.02 Å². The Hall–Kier alpha value is -2.86. The summed E-state index contributed by atoms with van der Waals surface area (Å²) in [6, 6.07) is 11.6. The van der Waals surface area contributed by atoms with Crippen molar-refractivity contribution in [1.82, 2.24) is 20.3 Å². The monoisotopic (exact) mass is 426 g/mol. The smallest absolute Gasteiger partial charge is 0.224 e. The molecule has 0 aliphatic rings. The highest BCUT2D eigenvalue weighted by atomic mass is 35.5. The summed E-state index contributed by atoms with van der Waals surface area (Å²) >= 11 is 6.48. The molecule has 30 heavy (non-hydrogen) atoms. The fraction of sp³-hybridized carbons (Fsp3) is 0.304. The van der Waals surface area contributed by atoms with Crippen molar-refractivity contribution >= 4 is 17.5 Å². The molecule has 1 amide bonds. The molecule has 1 atom stereocenters. The fourth-order valence-electron chi connectivity index (χ4n) is 3.13. The number of carbonyl (C=O) groups excluding carboxylic acids is 1. The van der Waals surface area contributed by atoms with Gasteiger partial charge in [-0.2, -0.15) is 0 Å². The van der Waals surface area contributed by atoms with E-state index in [1.807, 2.05) is 39.0 Å². The number of hydrogen-bond acceptors (Lipinski definition) is 4. The average molecular weight is 427 g/mol. The third-order valence-electron chi connectivity index (χ3n) is 4.91. The number of amides is 1. The second-order valence-electron chi connectivity index (χ2n) is 7.51. The Bertz CT molecular complexity index is 1010. The Morgan fingerprint density at radius 2 is 1.87 bits per heavy atom. The van der Waals surface area contributed by atoms with Gasteiger partial charge in [0.2, 0.25) is 5.91 Å². The minimum absolute atomic E-state index is 0.0721. The van der Waals surface area contributed by atoms with E-state index in [0.29, 0.717) is 40.9 Å². The van der Waals surface area contributed by atoms with Gasteiger partial charge in [0.15, 0.2) is 5.82 Å². The molecule has 3 aromatic rings. The van der Waals surface area contributed by atoms with Crippen LogP contribution in [0, 0.1) is 24.6 Å². The zero-order chi connectivity index (χ0) is 21.7. The first-order chi connectivity index (χ1) is 14.3. The highest BCUT2D eigenvalue weighted by Crippen LogP contribution is 2.26. The third kappa shape index (κ3) is 5.39. The minimum Gasteiger partial charge on any atom is -0.352 e. The predicted molar refractivity (Wildman–Crippen MR) is 115 cm³/mol. The predicted octanol–water partition coefficient (Wildman–Crippen LogP) is 4.77. The third-order valence-corrected chi connectivity index (χ3v) is 5.41. The molecule has 1 aromatic carbocycles. The highest BCUT2D eigenvalue weighted by Gasteiger charge is 2.25. The second kappa shape index (κ2) is 9.76. The van der Waals surface area contributed by atoms with E-state index in [0.717, 1.165) is 5.56 Å².